The predicted molar refractivity (Wildman–Crippen MR) is 72.5 cm³/mol. The fourth-order valence-corrected chi connectivity index (χ4v) is 2.32. The second-order valence-corrected chi connectivity index (χ2v) is 5.79. The molecule has 0 radical (unpaired) electrons. The summed E-state index contributed by atoms with van der Waals surface area (Å²) in [6.07, 6.45) is 2.08. The van der Waals surface area contributed by atoms with Gasteiger partial charge in [0.25, 0.3) is 0 Å². The van der Waals surface area contributed by atoms with E-state index in [1.165, 1.54) is 11.3 Å². The lowest BCUT2D eigenvalue weighted by Gasteiger charge is -2.39. The lowest BCUT2D eigenvalue weighted by molar-refractivity contribution is 0.0221. The normalized spacial score (nSPS) is 25.2. The van der Waals surface area contributed by atoms with E-state index in [0.29, 0.717) is 18.6 Å². The van der Waals surface area contributed by atoms with Gasteiger partial charge in [0.05, 0.1) is 6.67 Å². The van der Waals surface area contributed by atoms with Gasteiger partial charge in [-0.15, -0.1) is 0 Å². The second-order valence-electron chi connectivity index (χ2n) is 5.79. The van der Waals surface area contributed by atoms with E-state index in [1.807, 2.05) is 0 Å². The van der Waals surface area contributed by atoms with Crippen LogP contribution in [0.25, 0.3) is 0 Å². The van der Waals surface area contributed by atoms with Gasteiger partial charge in [0.2, 0.25) is 0 Å². The van der Waals surface area contributed by atoms with Crippen LogP contribution in [0.15, 0.2) is 0 Å². The molecule has 106 valence electrons. The Morgan fingerprint density at radius 2 is 2.00 bits per heavy atom. The third-order valence-corrected chi connectivity index (χ3v) is 3.33. The number of ether oxygens (including phenoxy) is 1. The van der Waals surface area contributed by atoms with E-state index < -0.39 is 0 Å². The molecule has 2 atom stereocenters. The van der Waals surface area contributed by atoms with Crippen LogP contribution in [0.1, 0.15) is 19.8 Å². The highest BCUT2D eigenvalue weighted by Gasteiger charge is 2.27. The Labute approximate surface area is 111 Å². The van der Waals surface area contributed by atoms with Gasteiger partial charge in [-0.25, -0.2) is 4.79 Å². The molecule has 0 aromatic rings. The van der Waals surface area contributed by atoms with Gasteiger partial charge in [0.15, 0.2) is 0 Å². The first-order valence-electron chi connectivity index (χ1n) is 6.63. The molecule has 1 aliphatic heterocycles. The first-order valence-corrected chi connectivity index (χ1v) is 6.63. The third-order valence-electron chi connectivity index (χ3n) is 3.33. The van der Waals surface area contributed by atoms with Crippen molar-refractivity contribution in [1.29, 1.82) is 0 Å². The number of piperidine rings is 1. The maximum Gasteiger partial charge on any atom is 0.409 e. The van der Waals surface area contributed by atoms with E-state index in [1.54, 1.807) is 14.1 Å². The zero-order chi connectivity index (χ0) is 13.7. The van der Waals surface area contributed by atoms with Crippen LogP contribution in [-0.4, -0.2) is 74.8 Å². The average molecular weight is 257 g/mol. The van der Waals surface area contributed by atoms with Gasteiger partial charge in [-0.2, -0.15) is 0 Å². The molecular formula is C13H27N3O2. The maximum atomic E-state index is 11.5. The molecule has 18 heavy (non-hydrogen) atoms. The van der Waals surface area contributed by atoms with Gasteiger partial charge < -0.3 is 9.64 Å². The van der Waals surface area contributed by atoms with Crippen molar-refractivity contribution in [3.63, 3.8) is 0 Å². The standard InChI is InChI=1S/C13H27N3O2/c1-11-6-7-16(10-14(2)3)12(8-11)9-18-13(17)15(4)5/h11-12H,6-10H2,1-5H3. The van der Waals surface area contributed by atoms with Gasteiger partial charge in [0.1, 0.15) is 6.61 Å². The SMILES string of the molecule is CC1CCN(CN(C)C)C(COC(=O)N(C)C)C1. The molecule has 1 fully saturated rings. The van der Waals surface area contributed by atoms with Gasteiger partial charge in [-0.05, 0) is 32.9 Å². The van der Waals surface area contributed by atoms with Crippen molar-refractivity contribution in [2.45, 2.75) is 25.8 Å². The van der Waals surface area contributed by atoms with Crippen LogP contribution in [0.3, 0.4) is 0 Å². The lowest BCUT2D eigenvalue weighted by atomic mass is 9.93. The van der Waals surface area contributed by atoms with Crippen LogP contribution in [0.4, 0.5) is 4.79 Å². The minimum absolute atomic E-state index is 0.252. The van der Waals surface area contributed by atoms with Crippen molar-refractivity contribution in [3.05, 3.63) is 0 Å². The van der Waals surface area contributed by atoms with E-state index in [0.717, 1.165) is 19.6 Å². The van der Waals surface area contributed by atoms with Crippen LogP contribution >= 0.6 is 0 Å². The second kappa shape index (κ2) is 6.95. The van der Waals surface area contributed by atoms with E-state index in [4.69, 9.17) is 4.74 Å². The highest BCUT2D eigenvalue weighted by atomic mass is 16.6. The summed E-state index contributed by atoms with van der Waals surface area (Å²) in [5.74, 6) is 0.714. The molecule has 5 nitrogen and oxygen atoms in total. The topological polar surface area (TPSA) is 36.0 Å². The van der Waals surface area contributed by atoms with Crippen LogP contribution in [0.5, 0.6) is 0 Å². The number of likely N-dealkylation sites (tertiary alicyclic amines) is 1. The molecule has 1 heterocycles. The van der Waals surface area contributed by atoms with Crippen molar-refractivity contribution in [3.8, 4) is 0 Å². The first kappa shape index (κ1) is 15.2. The molecule has 1 amide bonds. The van der Waals surface area contributed by atoms with Crippen molar-refractivity contribution in [2.24, 2.45) is 5.92 Å². The number of rotatable bonds is 4. The summed E-state index contributed by atoms with van der Waals surface area (Å²) >= 11 is 0. The summed E-state index contributed by atoms with van der Waals surface area (Å²) in [4.78, 5) is 17.5. The van der Waals surface area contributed by atoms with Crippen molar-refractivity contribution >= 4 is 6.09 Å². The highest BCUT2D eigenvalue weighted by Crippen LogP contribution is 2.22. The van der Waals surface area contributed by atoms with Crippen molar-refractivity contribution in [1.82, 2.24) is 14.7 Å². The molecule has 1 rings (SSSR count). The van der Waals surface area contributed by atoms with Crippen LogP contribution in [-0.2, 0) is 4.74 Å². The molecule has 1 aliphatic rings. The molecule has 1 saturated heterocycles. The van der Waals surface area contributed by atoms with E-state index in [-0.39, 0.29) is 6.09 Å². The minimum atomic E-state index is -0.252. The zero-order valence-corrected chi connectivity index (χ0v) is 12.3. The van der Waals surface area contributed by atoms with E-state index in [9.17, 15) is 4.79 Å². The van der Waals surface area contributed by atoms with Gasteiger partial charge in [-0.3, -0.25) is 9.80 Å². The monoisotopic (exact) mass is 257 g/mol. The third kappa shape index (κ3) is 4.82. The number of nitrogens with zero attached hydrogens (tertiary/aromatic N) is 3. The van der Waals surface area contributed by atoms with Gasteiger partial charge in [0, 0.05) is 26.7 Å². The first-order chi connectivity index (χ1) is 8.40. The fraction of sp³-hybridized carbons (Fsp3) is 0.923. The Bertz CT molecular complexity index is 269. The molecule has 0 aromatic carbocycles. The van der Waals surface area contributed by atoms with Crippen molar-refractivity contribution in [2.75, 3.05) is 48.0 Å². The molecule has 0 aliphatic carbocycles. The molecule has 0 spiro atoms. The maximum absolute atomic E-state index is 11.5. The van der Waals surface area contributed by atoms with Crippen LogP contribution in [0, 0.1) is 5.92 Å². The Morgan fingerprint density at radius 3 is 2.56 bits per heavy atom. The number of carbonyl (C=O) groups is 1. The molecule has 2 unspecified atom stereocenters. The predicted octanol–water partition coefficient (Wildman–Crippen LogP) is 1.30. The Balaban J connectivity index is 2.48. The summed E-state index contributed by atoms with van der Waals surface area (Å²) in [5, 5.41) is 0. The zero-order valence-electron chi connectivity index (χ0n) is 12.3. The van der Waals surface area contributed by atoms with E-state index in [2.05, 4.69) is 30.8 Å². The van der Waals surface area contributed by atoms with Gasteiger partial charge in [-0.1, -0.05) is 6.92 Å². The van der Waals surface area contributed by atoms with Crippen LogP contribution in [0.2, 0.25) is 0 Å². The number of amides is 1. The summed E-state index contributed by atoms with van der Waals surface area (Å²) in [6, 6.07) is 0.347. The summed E-state index contributed by atoms with van der Waals surface area (Å²) < 4.78 is 5.33. The van der Waals surface area contributed by atoms with E-state index >= 15 is 0 Å². The molecule has 0 aromatic heterocycles. The van der Waals surface area contributed by atoms with Gasteiger partial charge >= 0.3 is 6.09 Å². The molecule has 5 heteroatoms. The number of carbonyl (C=O) groups excluding carboxylic acids is 1. The molecular weight excluding hydrogens is 230 g/mol. The quantitative estimate of drug-likeness (QED) is 0.760. The number of hydrogen-bond donors (Lipinski definition) is 0. The molecule has 0 N–H and O–H groups in total. The highest BCUT2D eigenvalue weighted by molar-refractivity contribution is 5.66. The fourth-order valence-electron chi connectivity index (χ4n) is 2.32. The Kier molecular flexibility index (Phi) is 5.88. The largest absolute Gasteiger partial charge is 0.448 e. The summed E-state index contributed by atoms with van der Waals surface area (Å²) in [5.41, 5.74) is 0. The Morgan fingerprint density at radius 1 is 1.33 bits per heavy atom. The number of hydrogen-bond acceptors (Lipinski definition) is 4. The minimum Gasteiger partial charge on any atom is -0.448 e. The smallest absolute Gasteiger partial charge is 0.409 e. The summed E-state index contributed by atoms with van der Waals surface area (Å²) in [7, 11) is 7.56. The summed E-state index contributed by atoms with van der Waals surface area (Å²) in [6.45, 7) is 4.78. The molecule has 0 bridgehead atoms. The van der Waals surface area contributed by atoms with Crippen molar-refractivity contribution < 1.29 is 9.53 Å². The lowest BCUT2D eigenvalue weighted by Crippen LogP contribution is -2.48. The van der Waals surface area contributed by atoms with Crippen LogP contribution < -0.4 is 0 Å². The average Bonchev–Trinajstić information content (AvgIpc) is 2.28. The molecule has 0 saturated carbocycles. The Hall–Kier alpha value is -0.810.